The van der Waals surface area contributed by atoms with Crippen LogP contribution in [-0.4, -0.2) is 58.8 Å². The van der Waals surface area contributed by atoms with Gasteiger partial charge in [0.05, 0.1) is 31.8 Å². The van der Waals surface area contributed by atoms with Crippen LogP contribution >= 0.6 is 11.8 Å². The predicted octanol–water partition coefficient (Wildman–Crippen LogP) is 1.48. The van der Waals surface area contributed by atoms with Crippen LogP contribution in [0, 0.1) is 5.92 Å². The van der Waals surface area contributed by atoms with E-state index in [-0.39, 0.29) is 12.3 Å². The quantitative estimate of drug-likeness (QED) is 0.615. The average molecular weight is 423 g/mol. The lowest BCUT2D eigenvalue weighted by molar-refractivity contribution is -0.117. The first-order chi connectivity index (χ1) is 14.0. The van der Waals surface area contributed by atoms with Gasteiger partial charge in [-0.05, 0) is 18.1 Å². The number of nitrogens with one attached hydrogen (secondary N) is 2. The minimum atomic E-state index is -0.565. The molecule has 3 amide bonds. The van der Waals surface area contributed by atoms with Gasteiger partial charge in [0.2, 0.25) is 11.9 Å². The first-order valence-corrected chi connectivity index (χ1v) is 10.5. The van der Waals surface area contributed by atoms with E-state index in [0.29, 0.717) is 30.0 Å². The van der Waals surface area contributed by atoms with Crippen LogP contribution in [0.25, 0.3) is 0 Å². The third-order valence-electron chi connectivity index (χ3n) is 4.13. The number of carbonyl (C=O) groups excluding carboxylic acids is 2. The summed E-state index contributed by atoms with van der Waals surface area (Å²) in [5.74, 6) is 1.46. The van der Waals surface area contributed by atoms with Gasteiger partial charge in [-0.1, -0.05) is 25.6 Å². The molecule has 1 aliphatic heterocycles. The molecule has 2 aromatic rings. The lowest BCUT2D eigenvalue weighted by Gasteiger charge is -2.28. The Kier molecular flexibility index (Phi) is 7.53. The molecule has 0 aliphatic carbocycles. The molecule has 2 N–H and O–H groups in total. The number of furan rings is 1. The van der Waals surface area contributed by atoms with Gasteiger partial charge in [0.1, 0.15) is 5.76 Å². The number of amides is 3. The van der Waals surface area contributed by atoms with E-state index in [1.807, 2.05) is 4.57 Å². The van der Waals surface area contributed by atoms with Crippen molar-refractivity contribution < 1.29 is 18.7 Å². The maximum atomic E-state index is 12.1. The largest absolute Gasteiger partial charge is 0.467 e. The highest BCUT2D eigenvalue weighted by atomic mass is 32.2. The van der Waals surface area contributed by atoms with E-state index in [0.717, 1.165) is 25.6 Å². The van der Waals surface area contributed by atoms with E-state index in [2.05, 4.69) is 39.6 Å². The molecule has 10 nitrogen and oxygen atoms in total. The second-order valence-electron chi connectivity index (χ2n) is 6.99. The van der Waals surface area contributed by atoms with Crippen LogP contribution in [0.2, 0.25) is 0 Å². The van der Waals surface area contributed by atoms with Gasteiger partial charge < -0.3 is 19.4 Å². The third-order valence-corrected chi connectivity index (χ3v) is 5.09. The summed E-state index contributed by atoms with van der Waals surface area (Å²) in [5.41, 5.74) is 0. The van der Waals surface area contributed by atoms with Gasteiger partial charge in [0, 0.05) is 19.6 Å². The van der Waals surface area contributed by atoms with Crippen LogP contribution in [0.3, 0.4) is 0 Å². The summed E-state index contributed by atoms with van der Waals surface area (Å²) in [4.78, 5) is 26.1. The van der Waals surface area contributed by atoms with E-state index < -0.39 is 11.9 Å². The van der Waals surface area contributed by atoms with Crippen molar-refractivity contribution in [2.75, 3.05) is 37.0 Å². The summed E-state index contributed by atoms with van der Waals surface area (Å²) in [6.45, 7) is 8.03. The third kappa shape index (κ3) is 6.23. The van der Waals surface area contributed by atoms with Gasteiger partial charge >= 0.3 is 6.03 Å². The highest BCUT2D eigenvalue weighted by Crippen LogP contribution is 2.24. The van der Waals surface area contributed by atoms with Crippen LogP contribution in [0.5, 0.6) is 0 Å². The number of nitrogens with zero attached hydrogens (tertiary/aromatic N) is 4. The normalized spacial score (nSPS) is 14.2. The molecule has 11 heteroatoms. The number of imide groups is 1. The lowest BCUT2D eigenvalue weighted by Crippen LogP contribution is -2.40. The minimum Gasteiger partial charge on any atom is -0.467 e. The van der Waals surface area contributed by atoms with Crippen molar-refractivity contribution in [1.82, 2.24) is 25.4 Å². The van der Waals surface area contributed by atoms with E-state index in [4.69, 9.17) is 9.15 Å². The molecule has 2 aromatic heterocycles. The van der Waals surface area contributed by atoms with Crippen molar-refractivity contribution in [3.63, 3.8) is 0 Å². The number of hydrogen-bond donors (Lipinski definition) is 2. The van der Waals surface area contributed by atoms with Crippen molar-refractivity contribution in [3.8, 4) is 0 Å². The predicted molar refractivity (Wildman–Crippen MR) is 108 cm³/mol. The fourth-order valence-electron chi connectivity index (χ4n) is 2.83. The molecular weight excluding hydrogens is 396 g/mol. The maximum absolute atomic E-state index is 12.1. The van der Waals surface area contributed by atoms with E-state index in [1.165, 1.54) is 18.0 Å². The molecule has 0 atom stereocenters. The van der Waals surface area contributed by atoms with E-state index in [9.17, 15) is 9.59 Å². The standard InChI is InChI=1S/C18H26N6O4S/c1-13(2)11-24-17(23-5-8-27-9-6-23)21-22-18(24)29-12-15(25)20-16(26)19-10-14-4-3-7-28-14/h3-4,7,13H,5-6,8-12H2,1-2H3,(H2,19,20,25,26). The summed E-state index contributed by atoms with van der Waals surface area (Å²) in [7, 11) is 0. The maximum Gasteiger partial charge on any atom is 0.321 e. The second kappa shape index (κ2) is 10.3. The molecule has 0 bridgehead atoms. The highest BCUT2D eigenvalue weighted by molar-refractivity contribution is 7.99. The average Bonchev–Trinajstić information content (AvgIpc) is 3.35. The molecule has 1 fully saturated rings. The SMILES string of the molecule is CC(C)Cn1c(SCC(=O)NC(=O)NCc2ccco2)nnc1N1CCOCC1. The fraction of sp³-hybridized carbons (Fsp3) is 0.556. The van der Waals surface area contributed by atoms with Gasteiger partial charge in [-0.15, -0.1) is 10.2 Å². The topological polar surface area (TPSA) is 115 Å². The van der Waals surface area contributed by atoms with Crippen LogP contribution in [-0.2, 0) is 22.6 Å². The first kappa shape index (κ1) is 21.2. The van der Waals surface area contributed by atoms with Gasteiger partial charge in [0.15, 0.2) is 5.16 Å². The molecule has 158 valence electrons. The smallest absolute Gasteiger partial charge is 0.321 e. The number of carbonyl (C=O) groups is 2. The molecule has 3 heterocycles. The van der Waals surface area contributed by atoms with Crippen LogP contribution < -0.4 is 15.5 Å². The van der Waals surface area contributed by atoms with Crippen molar-refractivity contribution in [3.05, 3.63) is 24.2 Å². The summed E-state index contributed by atoms with van der Waals surface area (Å²) in [5, 5.41) is 14.1. The van der Waals surface area contributed by atoms with Crippen molar-refractivity contribution >= 4 is 29.6 Å². The number of rotatable bonds is 8. The summed E-state index contributed by atoms with van der Waals surface area (Å²) in [6.07, 6.45) is 1.52. The van der Waals surface area contributed by atoms with Crippen molar-refractivity contribution in [2.24, 2.45) is 5.92 Å². The highest BCUT2D eigenvalue weighted by Gasteiger charge is 2.22. The first-order valence-electron chi connectivity index (χ1n) is 9.51. The lowest BCUT2D eigenvalue weighted by atomic mass is 10.2. The number of thioether (sulfide) groups is 1. The van der Waals surface area contributed by atoms with E-state index in [1.54, 1.807) is 12.1 Å². The number of urea groups is 1. The number of morpholine rings is 1. The molecule has 1 aliphatic rings. The molecule has 3 rings (SSSR count). The van der Waals surface area contributed by atoms with Gasteiger partial charge in [-0.3, -0.25) is 14.7 Å². The Morgan fingerprint density at radius 2 is 2.07 bits per heavy atom. The molecule has 0 spiro atoms. The number of ether oxygens (including phenoxy) is 1. The van der Waals surface area contributed by atoms with E-state index >= 15 is 0 Å². The van der Waals surface area contributed by atoms with Crippen molar-refractivity contribution in [2.45, 2.75) is 32.1 Å². The Bertz CT molecular complexity index is 801. The minimum absolute atomic E-state index is 0.0630. The number of aromatic nitrogens is 3. The Morgan fingerprint density at radius 3 is 2.76 bits per heavy atom. The summed E-state index contributed by atoms with van der Waals surface area (Å²) < 4.78 is 12.6. The van der Waals surface area contributed by atoms with Gasteiger partial charge in [-0.2, -0.15) is 0 Å². The molecule has 1 saturated heterocycles. The Balaban J connectivity index is 1.54. The zero-order valence-electron chi connectivity index (χ0n) is 16.6. The fourth-order valence-corrected chi connectivity index (χ4v) is 3.57. The van der Waals surface area contributed by atoms with Gasteiger partial charge in [0.25, 0.3) is 0 Å². The summed E-state index contributed by atoms with van der Waals surface area (Å²) in [6, 6.07) is 2.91. The summed E-state index contributed by atoms with van der Waals surface area (Å²) >= 11 is 1.26. The van der Waals surface area contributed by atoms with Gasteiger partial charge in [-0.25, -0.2) is 4.79 Å². The molecule has 0 saturated carbocycles. The zero-order valence-corrected chi connectivity index (χ0v) is 17.4. The van der Waals surface area contributed by atoms with Crippen molar-refractivity contribution in [1.29, 1.82) is 0 Å². The zero-order chi connectivity index (χ0) is 20.6. The molecule has 0 unspecified atom stereocenters. The number of hydrogen-bond acceptors (Lipinski definition) is 8. The molecular formula is C18H26N6O4S. The Labute approximate surface area is 173 Å². The van der Waals surface area contributed by atoms with Crippen LogP contribution in [0.15, 0.2) is 28.0 Å². The molecule has 0 radical (unpaired) electrons. The monoisotopic (exact) mass is 422 g/mol. The van der Waals surface area contributed by atoms with Crippen LogP contribution in [0.1, 0.15) is 19.6 Å². The molecule has 29 heavy (non-hydrogen) atoms. The number of anilines is 1. The second-order valence-corrected chi connectivity index (χ2v) is 7.93. The van der Waals surface area contributed by atoms with Crippen LogP contribution in [0.4, 0.5) is 10.7 Å². The molecule has 0 aromatic carbocycles. The Morgan fingerprint density at radius 1 is 1.28 bits per heavy atom. The Hall–Kier alpha value is -2.53.